The Morgan fingerprint density at radius 1 is 1.12 bits per heavy atom. The van der Waals surface area contributed by atoms with Crippen molar-refractivity contribution in [2.24, 2.45) is 0 Å². The van der Waals surface area contributed by atoms with E-state index < -0.39 is 24.5 Å². The number of carbonyl (C=O) groups is 3. The van der Waals surface area contributed by atoms with Crippen LogP contribution in [0.1, 0.15) is 34.3 Å². The fourth-order valence-corrected chi connectivity index (χ4v) is 5.51. The molecule has 0 saturated heterocycles. The molecule has 2 aromatic rings. The number of carboxylic acids is 1. The molecule has 32 heavy (non-hydrogen) atoms. The lowest BCUT2D eigenvalue weighted by atomic mass is 9.80. The largest absolute Gasteiger partial charge is 0.480 e. The molecule has 1 aliphatic heterocycles. The molecule has 2 aromatic carbocycles. The summed E-state index contributed by atoms with van der Waals surface area (Å²) in [6.07, 6.45) is 0. The summed E-state index contributed by atoms with van der Waals surface area (Å²) in [6, 6.07) is 10.7. The van der Waals surface area contributed by atoms with Crippen LogP contribution < -0.4 is 10.1 Å². The van der Waals surface area contributed by atoms with E-state index in [4.69, 9.17) is 14.6 Å². The Morgan fingerprint density at radius 2 is 1.75 bits per heavy atom. The van der Waals surface area contributed by atoms with Crippen LogP contribution in [-0.4, -0.2) is 36.5 Å². The molecule has 1 heterocycles. The summed E-state index contributed by atoms with van der Waals surface area (Å²) in [5.41, 5.74) is 4.01. The van der Waals surface area contributed by atoms with Crippen molar-refractivity contribution in [3.8, 4) is 5.75 Å². The van der Waals surface area contributed by atoms with Gasteiger partial charge in [-0.25, -0.2) is 9.59 Å². The van der Waals surface area contributed by atoms with Gasteiger partial charge in [0, 0.05) is 28.3 Å². The number of nitrogens with one attached hydrogen (secondary N) is 1. The van der Waals surface area contributed by atoms with Gasteiger partial charge in [-0.15, -0.1) is 0 Å². The van der Waals surface area contributed by atoms with Gasteiger partial charge in [0.15, 0.2) is 12.4 Å². The highest BCUT2D eigenvalue weighted by atomic mass is 79.9. The zero-order valence-corrected chi connectivity index (χ0v) is 20.2. The lowest BCUT2D eigenvalue weighted by Crippen LogP contribution is -2.29. The zero-order valence-electron chi connectivity index (χ0n) is 17.0. The molecule has 9 heteroatoms. The number of allylic oxidation sites excluding steroid dienone is 2. The maximum absolute atomic E-state index is 13.4. The van der Waals surface area contributed by atoms with Gasteiger partial charge in [0.2, 0.25) is 0 Å². The van der Waals surface area contributed by atoms with E-state index in [1.807, 2.05) is 12.1 Å². The van der Waals surface area contributed by atoms with Gasteiger partial charge in [-0.2, -0.15) is 0 Å². The van der Waals surface area contributed by atoms with Gasteiger partial charge >= 0.3 is 11.9 Å². The Morgan fingerprint density at radius 3 is 2.34 bits per heavy atom. The molecule has 0 saturated carbocycles. The Labute approximate surface area is 200 Å². The predicted octanol–water partition coefficient (Wildman–Crippen LogP) is 4.42. The van der Waals surface area contributed by atoms with Crippen LogP contribution in [0.4, 0.5) is 0 Å². The minimum atomic E-state index is -1.11. The molecule has 7 nitrogen and oxygen atoms in total. The van der Waals surface area contributed by atoms with Crippen molar-refractivity contribution in [3.05, 3.63) is 78.9 Å². The van der Waals surface area contributed by atoms with E-state index in [2.05, 4.69) is 37.2 Å². The van der Waals surface area contributed by atoms with E-state index in [1.165, 1.54) is 7.11 Å². The fourth-order valence-electron chi connectivity index (χ4n) is 4.06. The molecule has 0 bridgehead atoms. The number of ketones is 1. The van der Waals surface area contributed by atoms with Crippen LogP contribution in [0, 0.1) is 0 Å². The predicted molar refractivity (Wildman–Crippen MR) is 123 cm³/mol. The first-order chi connectivity index (χ1) is 15.2. The number of dihydropyridines is 1. The van der Waals surface area contributed by atoms with Crippen molar-refractivity contribution < 1.29 is 29.0 Å². The number of Topliss-reactive ketones (excluding diaryl/α,β-unsaturated/α-hetero) is 1. The van der Waals surface area contributed by atoms with Crippen molar-refractivity contribution in [3.63, 3.8) is 0 Å². The minimum absolute atomic E-state index is 0.166. The highest BCUT2D eigenvalue weighted by molar-refractivity contribution is 9.11. The first-order valence-corrected chi connectivity index (χ1v) is 11.1. The van der Waals surface area contributed by atoms with Gasteiger partial charge < -0.3 is 19.9 Å². The van der Waals surface area contributed by atoms with Crippen LogP contribution in [0.15, 0.2) is 62.2 Å². The van der Waals surface area contributed by atoms with E-state index in [1.54, 1.807) is 31.2 Å². The summed E-state index contributed by atoms with van der Waals surface area (Å²) < 4.78 is 11.4. The van der Waals surface area contributed by atoms with Gasteiger partial charge in [-0.05, 0) is 56.5 Å². The second-order valence-electron chi connectivity index (χ2n) is 7.25. The van der Waals surface area contributed by atoms with Gasteiger partial charge in [-0.3, -0.25) is 4.79 Å². The summed E-state index contributed by atoms with van der Waals surface area (Å²) in [5, 5.41) is 12.1. The molecule has 0 unspecified atom stereocenters. The van der Waals surface area contributed by atoms with E-state index in [9.17, 15) is 14.4 Å². The molecule has 2 N–H and O–H groups in total. The van der Waals surface area contributed by atoms with Crippen LogP contribution in [0.25, 0.3) is 5.70 Å². The van der Waals surface area contributed by atoms with Gasteiger partial charge in [0.1, 0.15) is 5.75 Å². The molecule has 0 spiro atoms. The van der Waals surface area contributed by atoms with Gasteiger partial charge in [-0.1, -0.05) is 24.3 Å². The molecular weight excluding hydrogens is 546 g/mol. The number of carboxylic acid groups (broad SMARTS) is 1. The van der Waals surface area contributed by atoms with Crippen molar-refractivity contribution in [2.45, 2.75) is 12.8 Å². The second-order valence-corrected chi connectivity index (χ2v) is 8.96. The lowest BCUT2D eigenvalue weighted by Gasteiger charge is -2.29. The third-order valence-electron chi connectivity index (χ3n) is 5.35. The van der Waals surface area contributed by atoms with Crippen LogP contribution in [0.3, 0.4) is 0 Å². The van der Waals surface area contributed by atoms with Gasteiger partial charge in [0.25, 0.3) is 0 Å². The van der Waals surface area contributed by atoms with Crippen molar-refractivity contribution in [1.29, 1.82) is 0 Å². The Balaban J connectivity index is 1.89. The van der Waals surface area contributed by atoms with Crippen LogP contribution in [-0.2, 0) is 14.3 Å². The first-order valence-electron chi connectivity index (χ1n) is 9.52. The third-order valence-corrected chi connectivity index (χ3v) is 6.53. The third kappa shape index (κ3) is 3.65. The standard InChI is InChI=1S/C23H17Br2NO6/c1-10-17(23(30)31-2)18(11-7-14(24)22(15(25)8-11)32-9-16(27)28)19-20(26-10)12-5-3-4-6-13(12)21(19)29/h3-8,18,26H,9H2,1-2H3,(H,27,28)/t18-/m1/s1. The molecule has 0 aromatic heterocycles. The number of esters is 1. The lowest BCUT2D eigenvalue weighted by molar-refractivity contribution is -0.139. The first kappa shape index (κ1) is 22.3. The quantitative estimate of drug-likeness (QED) is 0.520. The number of fused-ring (bicyclic) bond motifs is 2. The molecule has 0 amide bonds. The van der Waals surface area contributed by atoms with Gasteiger partial charge in [0.05, 0.1) is 27.3 Å². The summed E-state index contributed by atoms with van der Waals surface area (Å²) in [6.45, 7) is 1.25. The fraction of sp³-hybridized carbons (Fsp3) is 0.174. The summed E-state index contributed by atoms with van der Waals surface area (Å²) >= 11 is 6.85. The highest BCUT2D eigenvalue weighted by Gasteiger charge is 2.43. The molecule has 4 rings (SSSR count). The SMILES string of the molecule is COC(=O)C1=C(C)NC2=C(C(=O)c3ccccc32)[C@@H]1c1cc(Br)c(OCC(=O)O)c(Br)c1. The molecule has 1 atom stereocenters. The van der Waals surface area contributed by atoms with Crippen molar-refractivity contribution >= 4 is 55.3 Å². The van der Waals surface area contributed by atoms with Crippen LogP contribution >= 0.6 is 31.9 Å². The minimum Gasteiger partial charge on any atom is -0.480 e. The number of methoxy groups -OCH3 is 1. The van der Waals surface area contributed by atoms with Crippen LogP contribution in [0.5, 0.6) is 5.75 Å². The average Bonchev–Trinajstić information content (AvgIpc) is 3.03. The highest BCUT2D eigenvalue weighted by Crippen LogP contribution is 2.48. The molecular formula is C23H17Br2NO6. The Kier molecular flexibility index (Phi) is 5.96. The monoisotopic (exact) mass is 561 g/mol. The molecule has 1 aliphatic carbocycles. The Hall–Kier alpha value is -2.91. The topological polar surface area (TPSA) is 102 Å². The molecule has 2 aliphatic rings. The number of rotatable bonds is 5. The summed E-state index contributed by atoms with van der Waals surface area (Å²) in [5.74, 6) is -2.21. The number of ether oxygens (including phenoxy) is 2. The normalized spacial score (nSPS) is 17.0. The maximum atomic E-state index is 13.4. The number of benzene rings is 2. The molecule has 0 fully saturated rings. The second kappa shape index (κ2) is 8.55. The van der Waals surface area contributed by atoms with E-state index in [0.29, 0.717) is 48.4 Å². The maximum Gasteiger partial charge on any atom is 0.341 e. The smallest absolute Gasteiger partial charge is 0.341 e. The number of aliphatic carboxylic acids is 1. The number of hydrogen-bond donors (Lipinski definition) is 2. The van der Waals surface area contributed by atoms with Crippen LogP contribution in [0.2, 0.25) is 0 Å². The number of halogens is 2. The van der Waals surface area contributed by atoms with Crippen molar-refractivity contribution in [2.75, 3.05) is 13.7 Å². The molecule has 164 valence electrons. The number of hydrogen-bond acceptors (Lipinski definition) is 6. The zero-order chi connectivity index (χ0) is 23.2. The van der Waals surface area contributed by atoms with Crippen molar-refractivity contribution in [1.82, 2.24) is 5.32 Å². The Bertz CT molecular complexity index is 1220. The summed E-state index contributed by atoms with van der Waals surface area (Å²) in [7, 11) is 1.30. The van der Waals surface area contributed by atoms with E-state index in [0.717, 1.165) is 5.56 Å². The van der Waals surface area contributed by atoms with E-state index >= 15 is 0 Å². The van der Waals surface area contributed by atoms with E-state index in [-0.39, 0.29) is 5.78 Å². The molecule has 0 radical (unpaired) electrons. The summed E-state index contributed by atoms with van der Waals surface area (Å²) in [4.78, 5) is 37.1. The average molecular weight is 563 g/mol. The number of carbonyl (C=O) groups excluding carboxylic acids is 2.